The van der Waals surface area contributed by atoms with E-state index in [0.29, 0.717) is 11.3 Å². The second kappa shape index (κ2) is 9.00. The standard InChI is InChI=1S/C21H20FN3O5S/c1-14-11-15(7-9-17(14)22)13-23-19-10-8-16(25(26)27)12-21(19)31(28,29)24-18-5-3-4-6-20(18)30-2/h3-12,23-24H,13H2,1-2H3. The SMILES string of the molecule is COc1ccccc1NS(=O)(=O)c1cc([N+](=O)[O-])ccc1NCc1ccc(F)c(C)c1. The zero-order valence-electron chi connectivity index (χ0n) is 16.8. The first-order valence-electron chi connectivity index (χ1n) is 9.14. The first kappa shape index (κ1) is 22.0. The number of non-ortho nitro benzene ring substituents is 1. The number of hydrogen-bond acceptors (Lipinski definition) is 6. The topological polar surface area (TPSA) is 111 Å². The van der Waals surface area contributed by atoms with Gasteiger partial charge in [0.1, 0.15) is 16.5 Å². The molecular weight excluding hydrogens is 425 g/mol. The summed E-state index contributed by atoms with van der Waals surface area (Å²) in [7, 11) is -2.81. The van der Waals surface area contributed by atoms with Crippen molar-refractivity contribution in [2.75, 3.05) is 17.1 Å². The molecule has 0 saturated heterocycles. The zero-order valence-corrected chi connectivity index (χ0v) is 17.6. The van der Waals surface area contributed by atoms with Crippen molar-refractivity contribution in [3.63, 3.8) is 0 Å². The number of rotatable bonds is 8. The Hall–Kier alpha value is -3.66. The third kappa shape index (κ3) is 5.10. The molecule has 0 amide bonds. The number of para-hydroxylation sites is 2. The van der Waals surface area contributed by atoms with Gasteiger partial charge < -0.3 is 10.1 Å². The highest BCUT2D eigenvalue weighted by Gasteiger charge is 2.23. The van der Waals surface area contributed by atoms with E-state index in [4.69, 9.17) is 4.74 Å². The number of nitro benzene ring substituents is 1. The van der Waals surface area contributed by atoms with Crippen molar-refractivity contribution in [2.24, 2.45) is 0 Å². The van der Waals surface area contributed by atoms with Crippen molar-refractivity contribution in [1.29, 1.82) is 0 Å². The first-order chi connectivity index (χ1) is 14.7. The Labute approximate surface area is 178 Å². The van der Waals surface area contributed by atoms with E-state index in [1.165, 1.54) is 31.4 Å². The number of ether oxygens (including phenoxy) is 1. The van der Waals surface area contributed by atoms with Gasteiger partial charge in [0.15, 0.2) is 0 Å². The molecule has 0 atom stereocenters. The molecule has 0 bridgehead atoms. The van der Waals surface area contributed by atoms with E-state index in [2.05, 4.69) is 10.0 Å². The number of nitrogens with zero attached hydrogens (tertiary/aromatic N) is 1. The quantitative estimate of drug-likeness (QED) is 0.391. The van der Waals surface area contributed by atoms with Gasteiger partial charge in [0, 0.05) is 18.7 Å². The molecule has 3 rings (SSSR count). The molecule has 3 aromatic carbocycles. The number of aryl methyl sites for hydroxylation is 1. The van der Waals surface area contributed by atoms with Crippen LogP contribution in [0.5, 0.6) is 5.75 Å². The van der Waals surface area contributed by atoms with Crippen LogP contribution in [0.4, 0.5) is 21.5 Å². The predicted octanol–water partition coefficient (Wildman–Crippen LogP) is 4.46. The van der Waals surface area contributed by atoms with Crippen LogP contribution in [0.3, 0.4) is 0 Å². The van der Waals surface area contributed by atoms with E-state index in [1.807, 2.05) is 0 Å². The zero-order chi connectivity index (χ0) is 22.6. The van der Waals surface area contributed by atoms with Crippen LogP contribution in [0.15, 0.2) is 65.6 Å². The lowest BCUT2D eigenvalue weighted by Crippen LogP contribution is -2.16. The summed E-state index contributed by atoms with van der Waals surface area (Å²) in [5.41, 5.74) is 1.15. The number of sulfonamides is 1. The minimum absolute atomic E-state index is 0.162. The number of nitro groups is 1. The molecule has 3 aromatic rings. The summed E-state index contributed by atoms with van der Waals surface area (Å²) < 4.78 is 47.3. The van der Waals surface area contributed by atoms with Crippen LogP contribution in [0.25, 0.3) is 0 Å². The summed E-state index contributed by atoms with van der Waals surface area (Å²) in [6, 6.07) is 14.5. The van der Waals surface area contributed by atoms with E-state index in [0.717, 1.165) is 11.6 Å². The molecule has 0 aliphatic rings. The highest BCUT2D eigenvalue weighted by Crippen LogP contribution is 2.31. The Morgan fingerprint density at radius 3 is 2.48 bits per heavy atom. The van der Waals surface area contributed by atoms with Gasteiger partial charge in [-0.2, -0.15) is 0 Å². The van der Waals surface area contributed by atoms with Crippen molar-refractivity contribution >= 4 is 27.1 Å². The van der Waals surface area contributed by atoms with E-state index < -0.39 is 14.9 Å². The number of halogens is 1. The van der Waals surface area contributed by atoms with Gasteiger partial charge in [0.05, 0.1) is 23.4 Å². The number of hydrogen-bond donors (Lipinski definition) is 2. The summed E-state index contributed by atoms with van der Waals surface area (Å²) in [6.07, 6.45) is 0. The minimum Gasteiger partial charge on any atom is -0.495 e. The van der Waals surface area contributed by atoms with Gasteiger partial charge in [0.25, 0.3) is 15.7 Å². The minimum atomic E-state index is -4.21. The maximum Gasteiger partial charge on any atom is 0.270 e. The fraction of sp³-hybridized carbons (Fsp3) is 0.143. The number of anilines is 2. The van der Waals surface area contributed by atoms with Gasteiger partial charge in [0.2, 0.25) is 0 Å². The third-order valence-electron chi connectivity index (χ3n) is 4.52. The van der Waals surface area contributed by atoms with E-state index in [1.54, 1.807) is 37.3 Å². The lowest BCUT2D eigenvalue weighted by Gasteiger charge is -2.15. The third-order valence-corrected chi connectivity index (χ3v) is 5.93. The Morgan fingerprint density at radius 1 is 1.06 bits per heavy atom. The molecule has 0 radical (unpaired) electrons. The van der Waals surface area contributed by atoms with Gasteiger partial charge >= 0.3 is 0 Å². The molecule has 162 valence electrons. The van der Waals surface area contributed by atoms with Gasteiger partial charge in [-0.05, 0) is 42.3 Å². The lowest BCUT2D eigenvalue weighted by molar-refractivity contribution is -0.385. The molecule has 2 N–H and O–H groups in total. The van der Waals surface area contributed by atoms with Gasteiger partial charge in [-0.3, -0.25) is 14.8 Å². The Bertz CT molecular complexity index is 1230. The summed E-state index contributed by atoms with van der Waals surface area (Å²) in [5.74, 6) is -0.0452. The van der Waals surface area contributed by atoms with Crippen LogP contribution >= 0.6 is 0 Å². The lowest BCUT2D eigenvalue weighted by atomic mass is 10.1. The average molecular weight is 445 g/mol. The van der Waals surface area contributed by atoms with Crippen molar-refractivity contribution in [1.82, 2.24) is 0 Å². The molecule has 0 aromatic heterocycles. The number of benzene rings is 3. The molecule has 0 saturated carbocycles. The summed E-state index contributed by atoms with van der Waals surface area (Å²) in [5, 5.41) is 14.2. The Kier molecular flexibility index (Phi) is 6.40. The monoisotopic (exact) mass is 445 g/mol. The van der Waals surface area contributed by atoms with Gasteiger partial charge in [-0.15, -0.1) is 0 Å². The maximum atomic E-state index is 13.5. The molecule has 0 unspecified atom stereocenters. The van der Waals surface area contributed by atoms with E-state index in [-0.39, 0.29) is 34.3 Å². The molecular formula is C21H20FN3O5S. The molecule has 0 heterocycles. The van der Waals surface area contributed by atoms with Crippen molar-refractivity contribution < 1.29 is 22.5 Å². The van der Waals surface area contributed by atoms with Gasteiger partial charge in [-0.1, -0.05) is 24.3 Å². The van der Waals surface area contributed by atoms with Crippen LogP contribution in [0.2, 0.25) is 0 Å². The van der Waals surface area contributed by atoms with Crippen molar-refractivity contribution in [2.45, 2.75) is 18.4 Å². The Morgan fingerprint density at radius 2 is 1.81 bits per heavy atom. The van der Waals surface area contributed by atoms with Gasteiger partial charge in [-0.25, -0.2) is 12.8 Å². The summed E-state index contributed by atoms with van der Waals surface area (Å²) in [6.45, 7) is 1.81. The summed E-state index contributed by atoms with van der Waals surface area (Å²) >= 11 is 0. The van der Waals surface area contributed by atoms with Crippen LogP contribution < -0.4 is 14.8 Å². The first-order valence-corrected chi connectivity index (χ1v) is 10.6. The predicted molar refractivity (Wildman–Crippen MR) is 115 cm³/mol. The van der Waals surface area contributed by atoms with Crippen molar-refractivity contribution in [3.8, 4) is 5.75 Å². The van der Waals surface area contributed by atoms with Crippen LogP contribution in [-0.4, -0.2) is 20.5 Å². The summed E-state index contributed by atoms with van der Waals surface area (Å²) in [4.78, 5) is 10.2. The molecule has 0 fully saturated rings. The molecule has 31 heavy (non-hydrogen) atoms. The molecule has 0 aliphatic carbocycles. The normalized spacial score (nSPS) is 11.1. The van der Waals surface area contributed by atoms with Crippen LogP contribution in [0.1, 0.15) is 11.1 Å². The molecule has 0 spiro atoms. The smallest absolute Gasteiger partial charge is 0.270 e. The van der Waals surface area contributed by atoms with Crippen LogP contribution in [-0.2, 0) is 16.6 Å². The van der Waals surface area contributed by atoms with E-state index in [9.17, 15) is 22.9 Å². The fourth-order valence-electron chi connectivity index (χ4n) is 2.94. The second-order valence-corrected chi connectivity index (χ2v) is 8.33. The number of methoxy groups -OCH3 is 1. The molecule has 10 heteroatoms. The largest absolute Gasteiger partial charge is 0.495 e. The average Bonchev–Trinajstić information content (AvgIpc) is 2.74. The maximum absolute atomic E-state index is 13.5. The fourth-order valence-corrected chi connectivity index (χ4v) is 4.21. The Balaban J connectivity index is 1.97. The van der Waals surface area contributed by atoms with Crippen molar-refractivity contribution in [3.05, 3.63) is 87.7 Å². The second-order valence-electron chi connectivity index (χ2n) is 6.68. The van der Waals surface area contributed by atoms with E-state index >= 15 is 0 Å². The van der Waals surface area contributed by atoms with Crippen LogP contribution in [0, 0.1) is 22.9 Å². The highest BCUT2D eigenvalue weighted by atomic mass is 32.2. The molecule has 8 nitrogen and oxygen atoms in total. The molecule has 0 aliphatic heterocycles. The highest BCUT2D eigenvalue weighted by molar-refractivity contribution is 7.93. The number of nitrogens with one attached hydrogen (secondary N) is 2.